The quantitative estimate of drug-likeness (QED) is 0.123. The molecule has 262 valence electrons. The Morgan fingerprint density at radius 2 is 1.52 bits per heavy atom. The number of hydrogen-bond acceptors (Lipinski definition) is 8. The lowest BCUT2D eigenvalue weighted by atomic mass is 9.82. The van der Waals surface area contributed by atoms with E-state index in [9.17, 15) is 9.59 Å². The van der Waals surface area contributed by atoms with E-state index in [1.165, 1.54) is 91.1 Å². The number of Topliss-reactive ketones (excluding diaryl/α,β-unsaturated/α-hetero) is 1. The molecule has 2 fully saturated rings. The van der Waals surface area contributed by atoms with Gasteiger partial charge < -0.3 is 20.1 Å². The summed E-state index contributed by atoms with van der Waals surface area (Å²) in [5.41, 5.74) is 2.12. The second-order valence-electron chi connectivity index (χ2n) is 10.8. The van der Waals surface area contributed by atoms with Crippen LogP contribution in [0.15, 0.2) is 85.5 Å². The number of aldehydes is 1. The van der Waals surface area contributed by atoms with Crippen LogP contribution in [0.1, 0.15) is 105 Å². The highest BCUT2D eigenvalue weighted by Crippen LogP contribution is 2.31. The number of hydrogen-bond donors (Lipinski definition) is 2. The Kier molecular flexibility index (Phi) is 30.8. The summed E-state index contributed by atoms with van der Waals surface area (Å²) in [6.45, 7) is 24.6. The maximum absolute atomic E-state index is 12.2. The summed E-state index contributed by atoms with van der Waals surface area (Å²) in [5.74, 6) is 2.41. The highest BCUT2D eigenvalue weighted by atomic mass is 17.2. The third-order valence-electron chi connectivity index (χ3n) is 7.01. The molecule has 46 heavy (non-hydrogen) atoms. The summed E-state index contributed by atoms with van der Waals surface area (Å²) < 4.78 is 10.2. The molecule has 0 bridgehead atoms. The van der Waals surface area contributed by atoms with Gasteiger partial charge in [-0.15, -0.1) is 6.58 Å². The topological polar surface area (TPSA) is 95.1 Å². The molecule has 2 heterocycles. The van der Waals surface area contributed by atoms with E-state index >= 15 is 0 Å². The molecule has 2 N–H and O–H groups in total. The Morgan fingerprint density at radius 3 is 2.02 bits per heavy atom. The number of nitrogens with one attached hydrogen (secondary N) is 2. The van der Waals surface area contributed by atoms with E-state index in [2.05, 4.69) is 66.6 Å². The van der Waals surface area contributed by atoms with Crippen LogP contribution < -0.4 is 10.6 Å². The highest BCUT2D eigenvalue weighted by molar-refractivity contribution is 5.96. The van der Waals surface area contributed by atoms with Gasteiger partial charge in [0.25, 0.3) is 0 Å². The Hall–Kier alpha value is -3.36. The molecule has 0 spiro atoms. The lowest BCUT2D eigenvalue weighted by Gasteiger charge is -2.23. The van der Waals surface area contributed by atoms with Crippen molar-refractivity contribution in [1.82, 2.24) is 10.6 Å². The third-order valence-corrected chi connectivity index (χ3v) is 7.01. The smallest absolute Gasteiger partial charge is 0.183 e. The number of ether oxygens (including phenoxy) is 2. The molecule has 8 nitrogen and oxygen atoms in total. The molecule has 0 unspecified atom stereocenters. The average molecular weight is 645 g/mol. The van der Waals surface area contributed by atoms with Crippen molar-refractivity contribution < 1.29 is 28.8 Å². The van der Waals surface area contributed by atoms with Crippen LogP contribution >= 0.6 is 0 Å². The third kappa shape index (κ3) is 23.9. The molecule has 0 amide bonds. The van der Waals surface area contributed by atoms with Crippen molar-refractivity contribution >= 4 is 12.1 Å². The molecule has 2 saturated carbocycles. The number of carbonyl (C=O) groups is 2. The van der Waals surface area contributed by atoms with Gasteiger partial charge in [-0.1, -0.05) is 104 Å². The van der Waals surface area contributed by atoms with Crippen molar-refractivity contribution in [3.8, 4) is 0 Å². The van der Waals surface area contributed by atoms with Gasteiger partial charge in [-0.2, -0.15) is 0 Å². The van der Waals surface area contributed by atoms with Gasteiger partial charge in [-0.3, -0.25) is 9.59 Å². The predicted octanol–water partition coefficient (Wildman–Crippen LogP) is 9.16. The first-order valence-corrected chi connectivity index (χ1v) is 16.9. The Morgan fingerprint density at radius 1 is 0.957 bits per heavy atom. The maximum atomic E-state index is 12.2. The van der Waals surface area contributed by atoms with E-state index < -0.39 is 0 Å². The van der Waals surface area contributed by atoms with Gasteiger partial charge in [0.1, 0.15) is 24.4 Å². The van der Waals surface area contributed by atoms with Crippen LogP contribution in [0, 0.1) is 11.8 Å². The molecule has 8 heteroatoms. The largest absolute Gasteiger partial charge is 0.492 e. The van der Waals surface area contributed by atoms with Crippen LogP contribution in [0.4, 0.5) is 0 Å². The zero-order chi connectivity index (χ0) is 35.0. The van der Waals surface area contributed by atoms with Crippen LogP contribution in [-0.4, -0.2) is 39.4 Å². The van der Waals surface area contributed by atoms with Crippen molar-refractivity contribution in [2.24, 2.45) is 11.8 Å². The highest BCUT2D eigenvalue weighted by Gasteiger charge is 2.20. The monoisotopic (exact) mass is 644 g/mol. The summed E-state index contributed by atoms with van der Waals surface area (Å²) in [6.07, 6.45) is 24.1. The van der Waals surface area contributed by atoms with Crippen LogP contribution in [0.25, 0.3) is 0 Å². The normalized spacial score (nSPS) is 17.3. The van der Waals surface area contributed by atoms with Gasteiger partial charge in [0, 0.05) is 31.3 Å². The molecular weight excluding hydrogens is 580 g/mol. The molecule has 0 radical (unpaired) electrons. The Labute approximate surface area is 280 Å². The van der Waals surface area contributed by atoms with E-state index in [-0.39, 0.29) is 5.78 Å². The number of allylic oxidation sites excluding steroid dienone is 6. The van der Waals surface area contributed by atoms with Crippen molar-refractivity contribution in [3.63, 3.8) is 0 Å². The molecule has 2 aliphatic carbocycles. The van der Waals surface area contributed by atoms with Gasteiger partial charge >= 0.3 is 0 Å². The van der Waals surface area contributed by atoms with Crippen LogP contribution in [0.5, 0.6) is 0 Å². The van der Waals surface area contributed by atoms with Crippen LogP contribution in [-0.2, 0) is 28.8 Å². The Bertz CT molecular complexity index is 952. The molecule has 4 aliphatic rings. The van der Waals surface area contributed by atoms with Crippen molar-refractivity contribution in [2.75, 3.05) is 27.4 Å². The molecular formula is C38H64N2O6. The maximum Gasteiger partial charge on any atom is 0.183 e. The first-order chi connectivity index (χ1) is 22.3. The van der Waals surface area contributed by atoms with Crippen molar-refractivity contribution in [2.45, 2.75) is 105 Å². The minimum absolute atomic E-state index is 0.0480. The second kappa shape index (κ2) is 31.6. The van der Waals surface area contributed by atoms with Crippen LogP contribution in [0.2, 0.25) is 0 Å². The zero-order valence-corrected chi connectivity index (χ0v) is 29.8. The SMILES string of the molecule is C=C1C=C(C(=O)CC(=C)C2CCCCC2)NC=CO1.C=C1C=C(C=O)NCCO1.C=CC1CCCCC1.CC.CCC.COOC. The number of rotatable bonds is 7. The van der Waals surface area contributed by atoms with E-state index in [0.717, 1.165) is 17.8 Å². The standard InChI is InChI=1S/C16H21NO2.C8H14.C7H9NO2.C3H8.C2H6O2.C2H6/c1-12(14-6-4-3-5-7-14)10-16(18)15-11-13(2)19-9-8-17-15;1-2-8-6-4-3-5-7-8;1-6-4-7(5-9)8-2-3-10-6;1-3-2;1-3-4-2;1-2/h8-9,11,14,17H,1-7,10H2;2,8H,1,3-7H2;4-5,8H,1-3H2;3H2,1-2H3;1-2H3;1-2H3. The molecule has 0 aromatic rings. The van der Waals surface area contributed by atoms with E-state index in [1.807, 2.05) is 13.8 Å². The minimum atomic E-state index is 0.0480. The molecule has 0 atom stereocenters. The molecule has 0 saturated heterocycles. The lowest BCUT2D eigenvalue weighted by molar-refractivity contribution is -0.248. The summed E-state index contributed by atoms with van der Waals surface area (Å²) >= 11 is 0. The van der Waals surface area contributed by atoms with Crippen molar-refractivity contribution in [3.05, 3.63) is 85.5 Å². The molecule has 0 aromatic carbocycles. The van der Waals surface area contributed by atoms with E-state index in [4.69, 9.17) is 9.47 Å². The van der Waals surface area contributed by atoms with E-state index in [1.54, 1.807) is 18.4 Å². The molecule has 0 aromatic heterocycles. The fraction of sp³-hybridized carbons (Fsp3) is 0.579. The van der Waals surface area contributed by atoms with Crippen molar-refractivity contribution in [1.29, 1.82) is 0 Å². The second-order valence-corrected chi connectivity index (χ2v) is 10.8. The molecule has 2 aliphatic heterocycles. The van der Waals surface area contributed by atoms with Gasteiger partial charge in [0.05, 0.1) is 25.6 Å². The Balaban J connectivity index is 0. The lowest BCUT2D eigenvalue weighted by Crippen LogP contribution is -2.18. The molecule has 4 rings (SSSR count). The summed E-state index contributed by atoms with van der Waals surface area (Å²) in [5, 5.41) is 5.79. The van der Waals surface area contributed by atoms with Gasteiger partial charge in [-0.05, 0) is 37.5 Å². The van der Waals surface area contributed by atoms with E-state index in [0.29, 0.717) is 48.4 Å². The first kappa shape index (κ1) is 44.8. The van der Waals surface area contributed by atoms with Gasteiger partial charge in [-0.25, -0.2) is 9.78 Å². The van der Waals surface area contributed by atoms with Gasteiger partial charge in [0.15, 0.2) is 12.1 Å². The minimum Gasteiger partial charge on any atom is -0.492 e. The number of ketones is 1. The predicted molar refractivity (Wildman–Crippen MR) is 191 cm³/mol. The average Bonchev–Trinajstić information content (AvgIpc) is 3.46. The van der Waals surface area contributed by atoms with Gasteiger partial charge in [0.2, 0.25) is 0 Å². The summed E-state index contributed by atoms with van der Waals surface area (Å²) in [4.78, 5) is 30.5. The van der Waals surface area contributed by atoms with Crippen LogP contribution in [0.3, 0.4) is 0 Å². The fourth-order valence-corrected chi connectivity index (χ4v) is 4.69. The fourth-order valence-electron chi connectivity index (χ4n) is 4.69. The number of carbonyl (C=O) groups excluding carboxylic acids is 2. The first-order valence-electron chi connectivity index (χ1n) is 16.9. The summed E-state index contributed by atoms with van der Waals surface area (Å²) in [6, 6.07) is 0. The zero-order valence-electron chi connectivity index (χ0n) is 29.8. The summed E-state index contributed by atoms with van der Waals surface area (Å²) in [7, 11) is 2.92.